The van der Waals surface area contributed by atoms with Gasteiger partial charge in [0.25, 0.3) is 5.91 Å². The highest BCUT2D eigenvalue weighted by Crippen LogP contribution is 2.20. The van der Waals surface area contributed by atoms with Crippen LogP contribution in [0.5, 0.6) is 0 Å². The summed E-state index contributed by atoms with van der Waals surface area (Å²) in [7, 11) is -3.22. The van der Waals surface area contributed by atoms with Gasteiger partial charge in [0.15, 0.2) is 0 Å². The Hall–Kier alpha value is -0.990. The quantitative estimate of drug-likeness (QED) is 0.803. The molecule has 0 N–H and O–H groups in total. The first-order valence-corrected chi connectivity index (χ1v) is 8.97. The summed E-state index contributed by atoms with van der Waals surface area (Å²) in [6.45, 7) is 2.75. The number of nitrogens with zero attached hydrogens (tertiary/aromatic N) is 2. The molecule has 116 valence electrons. The smallest absolute Gasteiger partial charge is 0.255 e. The molecule has 1 aromatic rings. The third-order valence-electron chi connectivity index (χ3n) is 3.44. The van der Waals surface area contributed by atoms with E-state index in [0.29, 0.717) is 17.6 Å². The van der Waals surface area contributed by atoms with Crippen molar-refractivity contribution in [1.29, 1.82) is 0 Å². The summed E-state index contributed by atoms with van der Waals surface area (Å²) in [6, 6.07) is 3.94. The van der Waals surface area contributed by atoms with Gasteiger partial charge in [0.1, 0.15) is 5.82 Å². The van der Waals surface area contributed by atoms with Gasteiger partial charge in [-0.1, -0.05) is 0 Å². The third kappa shape index (κ3) is 3.61. The van der Waals surface area contributed by atoms with E-state index in [-0.39, 0.29) is 30.3 Å². The molecule has 0 atom stereocenters. The van der Waals surface area contributed by atoms with E-state index >= 15 is 0 Å². The second kappa shape index (κ2) is 6.41. The summed E-state index contributed by atoms with van der Waals surface area (Å²) in [4.78, 5) is 13.9. The summed E-state index contributed by atoms with van der Waals surface area (Å²) >= 11 is 3.23. The van der Waals surface area contributed by atoms with Gasteiger partial charge in [-0.2, -0.15) is 4.31 Å². The van der Waals surface area contributed by atoms with Crippen LogP contribution in [0.1, 0.15) is 17.3 Å². The minimum Gasteiger partial charge on any atom is -0.336 e. The number of amides is 1. The molecule has 1 amide bonds. The van der Waals surface area contributed by atoms with E-state index in [1.807, 2.05) is 0 Å². The molecule has 21 heavy (non-hydrogen) atoms. The van der Waals surface area contributed by atoms with Crippen LogP contribution in [0.2, 0.25) is 0 Å². The first kappa shape index (κ1) is 16.4. The zero-order valence-electron chi connectivity index (χ0n) is 11.6. The van der Waals surface area contributed by atoms with E-state index in [2.05, 4.69) is 15.9 Å². The van der Waals surface area contributed by atoms with Gasteiger partial charge < -0.3 is 4.90 Å². The van der Waals surface area contributed by atoms with Crippen LogP contribution in [0.4, 0.5) is 4.39 Å². The van der Waals surface area contributed by atoms with E-state index in [9.17, 15) is 17.6 Å². The maximum absolute atomic E-state index is 13.3. The topological polar surface area (TPSA) is 57.7 Å². The van der Waals surface area contributed by atoms with Crippen molar-refractivity contribution in [3.63, 3.8) is 0 Å². The standard InChI is InChI=1S/C13H16BrFN2O3S/c1-2-21(19,20)17-7-5-16(6-8-17)13(18)11-9-10(15)3-4-12(11)14/h3-4,9H,2,5-8H2,1H3. The number of piperazine rings is 1. The lowest BCUT2D eigenvalue weighted by Crippen LogP contribution is -2.50. The molecular weight excluding hydrogens is 363 g/mol. The van der Waals surface area contributed by atoms with Gasteiger partial charge in [-0.15, -0.1) is 0 Å². The van der Waals surface area contributed by atoms with Crippen molar-refractivity contribution in [2.24, 2.45) is 0 Å². The molecule has 0 spiro atoms. The highest BCUT2D eigenvalue weighted by atomic mass is 79.9. The van der Waals surface area contributed by atoms with Crippen LogP contribution in [-0.4, -0.2) is 55.5 Å². The highest BCUT2D eigenvalue weighted by Gasteiger charge is 2.28. The van der Waals surface area contributed by atoms with Gasteiger partial charge in [-0.25, -0.2) is 12.8 Å². The maximum Gasteiger partial charge on any atom is 0.255 e. The predicted octanol–water partition coefficient (Wildman–Crippen LogP) is 1.70. The van der Waals surface area contributed by atoms with Crippen molar-refractivity contribution in [1.82, 2.24) is 9.21 Å². The average molecular weight is 379 g/mol. The summed E-state index contributed by atoms with van der Waals surface area (Å²) in [6.07, 6.45) is 0. The van der Waals surface area contributed by atoms with Gasteiger partial charge in [0.05, 0.1) is 11.3 Å². The van der Waals surface area contributed by atoms with Crippen molar-refractivity contribution in [3.05, 3.63) is 34.1 Å². The average Bonchev–Trinajstić information content (AvgIpc) is 2.49. The number of hydrogen-bond acceptors (Lipinski definition) is 3. The third-order valence-corrected chi connectivity index (χ3v) is 6.02. The van der Waals surface area contributed by atoms with Crippen LogP contribution in [0, 0.1) is 5.82 Å². The SMILES string of the molecule is CCS(=O)(=O)N1CCN(C(=O)c2cc(F)ccc2Br)CC1. The Kier molecular flexibility index (Phi) is 5.00. The molecule has 1 aliphatic heterocycles. The summed E-state index contributed by atoms with van der Waals surface area (Å²) < 4.78 is 38.7. The Morgan fingerprint density at radius 3 is 2.48 bits per heavy atom. The van der Waals surface area contributed by atoms with Crippen LogP contribution in [0.3, 0.4) is 0 Å². The molecule has 0 bridgehead atoms. The van der Waals surface area contributed by atoms with Crippen LogP contribution in [0.25, 0.3) is 0 Å². The normalized spacial score (nSPS) is 17.0. The second-order valence-corrected chi connectivity index (χ2v) is 7.83. The van der Waals surface area contributed by atoms with Crippen LogP contribution in [-0.2, 0) is 10.0 Å². The Morgan fingerprint density at radius 1 is 1.29 bits per heavy atom. The fraction of sp³-hybridized carbons (Fsp3) is 0.462. The molecular formula is C13H16BrFN2O3S. The predicted molar refractivity (Wildman–Crippen MR) is 81.0 cm³/mol. The number of carbonyl (C=O) groups excluding carboxylic acids is 1. The second-order valence-electron chi connectivity index (χ2n) is 4.72. The summed E-state index contributed by atoms with van der Waals surface area (Å²) in [5.41, 5.74) is 0.252. The zero-order valence-corrected chi connectivity index (χ0v) is 14.0. The minimum atomic E-state index is -3.22. The van der Waals surface area contributed by atoms with Crippen molar-refractivity contribution >= 4 is 31.9 Å². The lowest BCUT2D eigenvalue weighted by molar-refractivity contribution is 0.0696. The Balaban J connectivity index is 2.09. The lowest BCUT2D eigenvalue weighted by Gasteiger charge is -2.34. The first-order chi connectivity index (χ1) is 9.85. The molecule has 0 radical (unpaired) electrons. The summed E-state index contributed by atoms with van der Waals surface area (Å²) in [5.74, 6) is -0.722. The molecule has 1 aliphatic rings. The van der Waals surface area contributed by atoms with Crippen LogP contribution >= 0.6 is 15.9 Å². The largest absolute Gasteiger partial charge is 0.336 e. The Morgan fingerprint density at radius 2 is 1.90 bits per heavy atom. The number of sulfonamides is 1. The van der Waals surface area contributed by atoms with Gasteiger partial charge in [-0.05, 0) is 41.1 Å². The van der Waals surface area contributed by atoms with E-state index in [0.717, 1.165) is 0 Å². The van der Waals surface area contributed by atoms with Gasteiger partial charge in [-0.3, -0.25) is 4.79 Å². The van der Waals surface area contributed by atoms with Gasteiger partial charge >= 0.3 is 0 Å². The van der Waals surface area contributed by atoms with Crippen LogP contribution in [0.15, 0.2) is 22.7 Å². The van der Waals surface area contributed by atoms with Gasteiger partial charge in [0, 0.05) is 30.7 Å². The fourth-order valence-corrected chi connectivity index (χ4v) is 3.68. The van der Waals surface area contributed by atoms with E-state index in [1.54, 1.807) is 11.8 Å². The van der Waals surface area contributed by atoms with E-state index in [4.69, 9.17) is 0 Å². The van der Waals surface area contributed by atoms with Gasteiger partial charge in [0.2, 0.25) is 10.0 Å². The lowest BCUT2D eigenvalue weighted by atomic mass is 10.2. The van der Waals surface area contributed by atoms with Crippen molar-refractivity contribution in [3.8, 4) is 0 Å². The maximum atomic E-state index is 13.3. The summed E-state index contributed by atoms with van der Waals surface area (Å²) in [5, 5.41) is 0. The van der Waals surface area contributed by atoms with Crippen molar-refractivity contribution < 1.29 is 17.6 Å². The van der Waals surface area contributed by atoms with E-state index < -0.39 is 15.8 Å². The van der Waals surface area contributed by atoms with Crippen molar-refractivity contribution in [2.75, 3.05) is 31.9 Å². The van der Waals surface area contributed by atoms with Crippen molar-refractivity contribution in [2.45, 2.75) is 6.92 Å². The molecule has 1 saturated heterocycles. The molecule has 0 saturated carbocycles. The monoisotopic (exact) mass is 378 g/mol. The molecule has 0 aliphatic carbocycles. The Labute approximate surface area is 131 Å². The zero-order chi connectivity index (χ0) is 15.6. The Bertz CT molecular complexity index is 643. The number of halogens is 2. The number of hydrogen-bond donors (Lipinski definition) is 0. The van der Waals surface area contributed by atoms with Crippen LogP contribution < -0.4 is 0 Å². The highest BCUT2D eigenvalue weighted by molar-refractivity contribution is 9.10. The molecule has 2 rings (SSSR count). The number of carbonyl (C=O) groups is 1. The first-order valence-electron chi connectivity index (χ1n) is 6.57. The molecule has 0 unspecified atom stereocenters. The van der Waals surface area contributed by atoms with E-state index in [1.165, 1.54) is 22.5 Å². The fourth-order valence-electron chi connectivity index (χ4n) is 2.18. The molecule has 8 heteroatoms. The molecule has 0 aromatic heterocycles. The molecule has 1 fully saturated rings. The molecule has 5 nitrogen and oxygen atoms in total. The molecule has 1 aromatic carbocycles. The molecule has 1 heterocycles. The number of benzene rings is 1. The minimum absolute atomic E-state index is 0.0520. The number of rotatable bonds is 3.